The second kappa shape index (κ2) is 22.6. The Bertz CT molecular complexity index is 2800. The van der Waals surface area contributed by atoms with Crippen molar-refractivity contribution >= 4 is 33.8 Å². The molecule has 0 aliphatic rings. The summed E-state index contributed by atoms with van der Waals surface area (Å²) in [5.74, 6) is 0.0571. The molecule has 5 aromatic carbocycles. The number of carbonyl (C=O) groups is 1. The van der Waals surface area contributed by atoms with E-state index in [4.69, 9.17) is 5.53 Å². The van der Waals surface area contributed by atoms with Crippen LogP contribution in [-0.2, 0) is 62.4 Å². The standard InChI is InChI=1S/C32H12BF24.C16H16N5O/c34-25(35,36)13-1-14(26(37,38)39)6-21(5-13)33(22-7-15(27(40,41)42)2-16(8-22)28(43,44)45,23-9-17(29(46,47)48)3-18(10-23)30(49,50)51)24-11-19(31(52,53)54)4-20(12-24)32(55,56)57;17-20-19-9-5-4-8-15-12-21(11-10-18-15)13-16(22)14-6-2-1-3-7-14/h1-12H;1-7,10-12H,8-9,13H2/q-1;+1. The number of benzene rings is 5. The van der Waals surface area contributed by atoms with Crippen molar-refractivity contribution in [3.8, 4) is 0 Å². The Morgan fingerprint density at radius 1 is 0.481 bits per heavy atom. The topological polar surface area (TPSA) is 82.6 Å². The van der Waals surface area contributed by atoms with Crippen molar-refractivity contribution in [3.63, 3.8) is 0 Å². The molecule has 0 N–H and O–H groups in total. The van der Waals surface area contributed by atoms with Crippen molar-refractivity contribution in [3.05, 3.63) is 200 Å². The van der Waals surface area contributed by atoms with E-state index >= 15 is 0 Å². The minimum absolute atomic E-state index is 0.0571. The largest absolute Gasteiger partial charge is 0.416 e. The van der Waals surface area contributed by atoms with Gasteiger partial charge < -0.3 is 0 Å². The molecule has 422 valence electrons. The maximum atomic E-state index is 14.2. The van der Waals surface area contributed by atoms with Gasteiger partial charge in [-0.25, -0.2) is 4.98 Å². The molecule has 0 fully saturated rings. The Morgan fingerprint density at radius 3 is 1.06 bits per heavy atom. The van der Waals surface area contributed by atoms with Crippen LogP contribution in [0.1, 0.15) is 60.6 Å². The number of halogens is 24. The van der Waals surface area contributed by atoms with Crippen LogP contribution < -0.4 is 26.4 Å². The molecular formula is C48H28BF24N5O. The Morgan fingerprint density at radius 2 is 0.785 bits per heavy atom. The van der Waals surface area contributed by atoms with E-state index in [1.807, 2.05) is 47.2 Å². The predicted molar refractivity (Wildman–Crippen MR) is 232 cm³/mol. The molecule has 1 heterocycles. The van der Waals surface area contributed by atoms with Crippen LogP contribution in [0.25, 0.3) is 10.4 Å². The minimum atomic E-state index is -6.13. The number of ketones is 1. The van der Waals surface area contributed by atoms with Gasteiger partial charge in [0, 0.05) is 23.4 Å². The normalized spacial score (nSPS) is 13.2. The minimum Gasteiger partial charge on any atom is -0.287 e. The number of nitrogens with zero attached hydrogens (tertiary/aromatic N) is 5. The summed E-state index contributed by atoms with van der Waals surface area (Å²) in [6, 6.07) is 0.397. The summed E-state index contributed by atoms with van der Waals surface area (Å²) in [6.45, 7) is 0.609. The zero-order valence-corrected chi connectivity index (χ0v) is 38.6. The Balaban J connectivity index is 0.000000433. The van der Waals surface area contributed by atoms with Gasteiger partial charge in [0.25, 0.3) is 0 Å². The first-order valence-electron chi connectivity index (χ1n) is 21.5. The van der Waals surface area contributed by atoms with Crippen molar-refractivity contribution in [1.29, 1.82) is 0 Å². The SMILES string of the molecule is FC(F)(F)c1cc([B-](c2cc(C(F)(F)F)cc(C(F)(F)F)c2)(c2cc(C(F)(F)F)cc(C(F)(F)F)c2)c2cc(C(F)(F)F)cc(C(F)(F)F)c2)cc(C(F)(F)F)c1.[N-]=[N+]=NCC=CCc1c[n+](CC(=O)c2ccccc2)ccn1. The van der Waals surface area contributed by atoms with Crippen LogP contribution >= 0.6 is 0 Å². The smallest absolute Gasteiger partial charge is 0.287 e. The molecule has 0 saturated heterocycles. The molecule has 0 spiro atoms. The third kappa shape index (κ3) is 15.5. The number of hydrogen-bond acceptors (Lipinski definition) is 3. The Hall–Kier alpha value is -7.72. The fraction of sp³-hybridized carbons (Fsp3) is 0.229. The van der Waals surface area contributed by atoms with Gasteiger partial charge in [0.2, 0.25) is 12.3 Å². The van der Waals surface area contributed by atoms with E-state index in [-0.39, 0.29) is 12.3 Å². The van der Waals surface area contributed by atoms with Gasteiger partial charge in [0.15, 0.2) is 12.4 Å². The van der Waals surface area contributed by atoms with Crippen molar-refractivity contribution in [2.45, 2.75) is 62.4 Å². The lowest BCUT2D eigenvalue weighted by Crippen LogP contribution is -2.75. The average Bonchev–Trinajstić information content (AvgIpc) is 3.39. The second-order valence-electron chi connectivity index (χ2n) is 16.8. The highest BCUT2D eigenvalue weighted by molar-refractivity contribution is 7.20. The lowest BCUT2D eigenvalue weighted by molar-refractivity contribution is -0.684. The third-order valence-corrected chi connectivity index (χ3v) is 11.4. The van der Waals surface area contributed by atoms with Gasteiger partial charge in [0.1, 0.15) is 11.8 Å². The highest BCUT2D eigenvalue weighted by atomic mass is 19.4. The van der Waals surface area contributed by atoms with Crippen LogP contribution in [0.4, 0.5) is 105 Å². The van der Waals surface area contributed by atoms with E-state index in [1.165, 1.54) is 0 Å². The second-order valence-corrected chi connectivity index (χ2v) is 16.8. The maximum absolute atomic E-state index is 14.2. The van der Waals surface area contributed by atoms with Crippen molar-refractivity contribution < 1.29 is 115 Å². The molecule has 0 aliphatic carbocycles. The molecular weight excluding hydrogens is 1130 g/mol. The molecule has 0 unspecified atom stereocenters. The number of Topliss-reactive ketones (excluding diaryl/α,β-unsaturated/α-hetero) is 1. The molecule has 31 heteroatoms. The Labute approximate surface area is 427 Å². The van der Waals surface area contributed by atoms with Crippen molar-refractivity contribution in [2.24, 2.45) is 5.11 Å². The molecule has 0 radical (unpaired) electrons. The molecule has 0 amide bonds. The highest BCUT2D eigenvalue weighted by Gasteiger charge is 2.47. The number of hydrogen-bond donors (Lipinski definition) is 0. The van der Waals surface area contributed by atoms with Crippen LogP contribution in [0.3, 0.4) is 0 Å². The van der Waals surface area contributed by atoms with Crippen LogP contribution in [0.2, 0.25) is 0 Å². The van der Waals surface area contributed by atoms with Gasteiger partial charge >= 0.3 is 49.4 Å². The van der Waals surface area contributed by atoms with E-state index in [2.05, 4.69) is 15.0 Å². The van der Waals surface area contributed by atoms with Gasteiger partial charge in [-0.05, 0) is 29.8 Å². The first-order chi connectivity index (χ1) is 36.1. The fourth-order valence-electron chi connectivity index (χ4n) is 8.00. The average molecular weight is 1160 g/mol. The lowest BCUT2D eigenvalue weighted by Gasteiger charge is -2.46. The molecule has 0 atom stereocenters. The zero-order chi connectivity index (χ0) is 59.5. The summed E-state index contributed by atoms with van der Waals surface area (Å²) in [7, 11) is 0. The van der Waals surface area contributed by atoms with Crippen molar-refractivity contribution in [2.75, 3.05) is 6.54 Å². The number of carbonyl (C=O) groups excluding carboxylic acids is 1. The van der Waals surface area contributed by atoms with Crippen molar-refractivity contribution in [1.82, 2.24) is 4.98 Å². The summed E-state index contributed by atoms with van der Waals surface area (Å²) in [4.78, 5) is 19.1. The summed E-state index contributed by atoms with van der Waals surface area (Å²) in [5, 5.41) is 3.42. The molecule has 6 nitrogen and oxygen atoms in total. The van der Waals surface area contributed by atoms with Gasteiger partial charge in [-0.15, -0.1) is 0 Å². The molecule has 6 aromatic rings. The number of azide groups is 1. The summed E-state index contributed by atoms with van der Waals surface area (Å²) < 4.78 is 343. The predicted octanol–water partition coefficient (Wildman–Crippen LogP) is 13.9. The van der Waals surface area contributed by atoms with Crippen LogP contribution in [0, 0.1) is 0 Å². The van der Waals surface area contributed by atoms with E-state index in [1.54, 1.807) is 18.5 Å². The maximum Gasteiger partial charge on any atom is 0.416 e. The Kier molecular flexibility index (Phi) is 17.7. The number of aromatic nitrogens is 2. The lowest BCUT2D eigenvalue weighted by atomic mass is 9.12. The summed E-state index contributed by atoms with van der Waals surface area (Å²) >= 11 is 0. The molecule has 1 aromatic heterocycles. The number of alkyl halides is 24. The quantitative estimate of drug-likeness (QED) is 0.0189. The van der Waals surface area contributed by atoms with E-state index in [0.717, 1.165) is 5.69 Å². The summed E-state index contributed by atoms with van der Waals surface area (Å²) in [6.07, 6.45) is -45.2. The van der Waals surface area contributed by atoms with Crippen LogP contribution in [-0.4, -0.2) is 23.5 Å². The van der Waals surface area contributed by atoms with E-state index in [0.29, 0.717) is 18.5 Å². The van der Waals surface area contributed by atoms with E-state index in [9.17, 15) is 110 Å². The van der Waals surface area contributed by atoms with Gasteiger partial charge in [0.05, 0.1) is 50.7 Å². The van der Waals surface area contributed by atoms with Crippen LogP contribution in [0.5, 0.6) is 0 Å². The summed E-state index contributed by atoms with van der Waals surface area (Å²) in [5.41, 5.74) is -20.5. The first-order valence-corrected chi connectivity index (χ1v) is 21.5. The fourth-order valence-corrected chi connectivity index (χ4v) is 8.00. The van der Waals surface area contributed by atoms with E-state index < -0.39 is 195 Å². The number of allylic oxidation sites excluding steroid dienone is 1. The van der Waals surface area contributed by atoms with Gasteiger partial charge in [-0.2, -0.15) is 132 Å². The number of rotatable bonds is 11. The van der Waals surface area contributed by atoms with Gasteiger partial charge in [-0.3, -0.25) is 4.79 Å². The van der Waals surface area contributed by atoms with Gasteiger partial charge in [-0.1, -0.05) is 96.1 Å². The van der Waals surface area contributed by atoms with Crippen LogP contribution in [0.15, 0.2) is 139 Å². The molecule has 0 bridgehead atoms. The third-order valence-electron chi connectivity index (χ3n) is 11.4. The molecule has 0 saturated carbocycles. The first kappa shape index (κ1) is 62.1. The molecule has 79 heavy (non-hydrogen) atoms. The highest BCUT2D eigenvalue weighted by Crippen LogP contribution is 2.41. The monoisotopic (exact) mass is 1160 g/mol. The zero-order valence-electron chi connectivity index (χ0n) is 38.6. The molecule has 6 rings (SSSR count). The molecule has 0 aliphatic heterocycles.